The van der Waals surface area contributed by atoms with Gasteiger partial charge in [-0.25, -0.2) is 8.42 Å². The molecule has 0 radical (unpaired) electrons. The number of nitrogens with zero attached hydrogens (tertiary/aromatic N) is 2. The first-order chi connectivity index (χ1) is 12.5. The Balaban J connectivity index is 1.57. The quantitative estimate of drug-likeness (QED) is 0.785. The van der Waals surface area contributed by atoms with Gasteiger partial charge in [0.25, 0.3) is 0 Å². The summed E-state index contributed by atoms with van der Waals surface area (Å²) in [6.07, 6.45) is 0.233. The summed E-state index contributed by atoms with van der Waals surface area (Å²) < 4.78 is 26.6. The second kappa shape index (κ2) is 8.20. The minimum absolute atomic E-state index is 0.0125. The first-order valence-electron chi connectivity index (χ1n) is 8.48. The van der Waals surface area contributed by atoms with E-state index in [0.717, 1.165) is 11.1 Å². The first-order valence-corrected chi connectivity index (χ1v) is 10.5. The molecule has 0 unspecified atom stereocenters. The third-order valence-electron chi connectivity index (χ3n) is 4.48. The van der Waals surface area contributed by atoms with Crippen LogP contribution in [0.4, 0.5) is 0 Å². The van der Waals surface area contributed by atoms with Crippen LogP contribution in [0.5, 0.6) is 0 Å². The van der Waals surface area contributed by atoms with Gasteiger partial charge in [-0.05, 0) is 17.2 Å². The van der Waals surface area contributed by atoms with E-state index in [9.17, 15) is 13.2 Å². The summed E-state index contributed by atoms with van der Waals surface area (Å²) in [6, 6.07) is 16.4. The summed E-state index contributed by atoms with van der Waals surface area (Å²) in [7, 11) is -3.38. The maximum atomic E-state index is 12.6. The Hall–Kier alpha value is -1.89. The van der Waals surface area contributed by atoms with Gasteiger partial charge in [-0.3, -0.25) is 4.79 Å². The molecule has 0 aromatic heterocycles. The lowest BCUT2D eigenvalue weighted by Crippen LogP contribution is -2.51. The molecular formula is C19H21ClN2O3S. The van der Waals surface area contributed by atoms with E-state index in [1.807, 2.05) is 36.4 Å². The molecule has 0 atom stereocenters. The summed E-state index contributed by atoms with van der Waals surface area (Å²) in [6.45, 7) is 1.45. The lowest BCUT2D eigenvalue weighted by molar-refractivity contribution is -0.131. The standard InChI is InChI=1S/C19H21ClN2O3S/c20-18-9-5-4-8-17(18)14-19(23)21-10-12-22(13-11-21)26(24,25)15-16-6-2-1-3-7-16/h1-9H,10-15H2. The summed E-state index contributed by atoms with van der Waals surface area (Å²) in [5.74, 6) is -0.0419. The number of piperazine rings is 1. The van der Waals surface area contributed by atoms with Gasteiger partial charge >= 0.3 is 0 Å². The van der Waals surface area contributed by atoms with Crippen molar-refractivity contribution in [2.45, 2.75) is 12.2 Å². The average molecular weight is 393 g/mol. The van der Waals surface area contributed by atoms with Crippen molar-refractivity contribution in [2.75, 3.05) is 26.2 Å². The van der Waals surface area contributed by atoms with E-state index in [4.69, 9.17) is 11.6 Å². The van der Waals surface area contributed by atoms with Crippen molar-refractivity contribution >= 4 is 27.5 Å². The van der Waals surface area contributed by atoms with E-state index in [2.05, 4.69) is 0 Å². The van der Waals surface area contributed by atoms with Crippen molar-refractivity contribution in [1.29, 1.82) is 0 Å². The molecule has 0 aliphatic carbocycles. The van der Waals surface area contributed by atoms with Crippen LogP contribution in [0.3, 0.4) is 0 Å². The van der Waals surface area contributed by atoms with Crippen LogP contribution in [0.2, 0.25) is 5.02 Å². The van der Waals surface area contributed by atoms with Gasteiger partial charge < -0.3 is 4.90 Å². The van der Waals surface area contributed by atoms with E-state index in [0.29, 0.717) is 31.2 Å². The number of carbonyl (C=O) groups is 1. The first kappa shape index (κ1) is 18.9. The van der Waals surface area contributed by atoms with Gasteiger partial charge in [0.05, 0.1) is 12.2 Å². The Kier molecular flexibility index (Phi) is 5.96. The molecule has 138 valence electrons. The molecule has 7 heteroatoms. The van der Waals surface area contributed by atoms with Gasteiger partial charge in [0, 0.05) is 31.2 Å². The van der Waals surface area contributed by atoms with Crippen LogP contribution in [0.25, 0.3) is 0 Å². The SMILES string of the molecule is O=C(Cc1ccccc1Cl)N1CCN(S(=O)(=O)Cc2ccccc2)CC1. The average Bonchev–Trinajstić information content (AvgIpc) is 2.64. The minimum atomic E-state index is -3.38. The molecule has 1 fully saturated rings. The molecule has 1 heterocycles. The molecule has 1 saturated heterocycles. The Labute approximate surface area is 159 Å². The predicted molar refractivity (Wildman–Crippen MR) is 102 cm³/mol. The predicted octanol–water partition coefficient (Wildman–Crippen LogP) is 2.56. The fourth-order valence-electron chi connectivity index (χ4n) is 3.01. The number of benzene rings is 2. The summed E-state index contributed by atoms with van der Waals surface area (Å²) in [4.78, 5) is 14.2. The van der Waals surface area contributed by atoms with E-state index >= 15 is 0 Å². The minimum Gasteiger partial charge on any atom is -0.340 e. The van der Waals surface area contributed by atoms with Crippen molar-refractivity contribution in [3.8, 4) is 0 Å². The Morgan fingerprint density at radius 1 is 0.923 bits per heavy atom. The Bertz CT molecular complexity index is 863. The van der Waals surface area contributed by atoms with Crippen molar-refractivity contribution in [3.63, 3.8) is 0 Å². The number of hydrogen-bond acceptors (Lipinski definition) is 3. The van der Waals surface area contributed by atoms with Gasteiger partial charge in [-0.1, -0.05) is 60.1 Å². The zero-order chi connectivity index (χ0) is 18.6. The van der Waals surface area contributed by atoms with Crippen LogP contribution in [-0.4, -0.2) is 49.7 Å². The number of rotatable bonds is 5. The molecule has 1 amide bonds. The zero-order valence-electron chi connectivity index (χ0n) is 14.3. The van der Waals surface area contributed by atoms with E-state index in [1.54, 1.807) is 23.1 Å². The lowest BCUT2D eigenvalue weighted by atomic mass is 10.1. The molecule has 0 N–H and O–H groups in total. The molecule has 2 aromatic carbocycles. The third-order valence-corrected chi connectivity index (χ3v) is 6.69. The highest BCUT2D eigenvalue weighted by atomic mass is 35.5. The van der Waals surface area contributed by atoms with Gasteiger partial charge in [0.1, 0.15) is 0 Å². The molecule has 2 aromatic rings. The van der Waals surface area contributed by atoms with E-state index in [1.165, 1.54) is 4.31 Å². The monoisotopic (exact) mass is 392 g/mol. The molecule has 0 spiro atoms. The van der Waals surface area contributed by atoms with Crippen LogP contribution in [0.1, 0.15) is 11.1 Å². The highest BCUT2D eigenvalue weighted by molar-refractivity contribution is 7.88. The molecule has 1 aliphatic heterocycles. The zero-order valence-corrected chi connectivity index (χ0v) is 15.9. The molecule has 1 aliphatic rings. The smallest absolute Gasteiger partial charge is 0.227 e. The van der Waals surface area contributed by atoms with Gasteiger partial charge in [-0.15, -0.1) is 0 Å². The third kappa shape index (κ3) is 4.63. The molecule has 26 heavy (non-hydrogen) atoms. The fraction of sp³-hybridized carbons (Fsp3) is 0.316. The number of hydrogen-bond donors (Lipinski definition) is 0. The summed E-state index contributed by atoms with van der Waals surface area (Å²) in [5, 5.41) is 0.574. The number of sulfonamides is 1. The van der Waals surface area contributed by atoms with Crippen LogP contribution in [0, 0.1) is 0 Å². The van der Waals surface area contributed by atoms with E-state index < -0.39 is 10.0 Å². The number of carbonyl (C=O) groups excluding carboxylic acids is 1. The van der Waals surface area contributed by atoms with Crippen molar-refractivity contribution in [2.24, 2.45) is 0 Å². The summed E-state index contributed by atoms with van der Waals surface area (Å²) >= 11 is 6.11. The lowest BCUT2D eigenvalue weighted by Gasteiger charge is -2.34. The normalized spacial score (nSPS) is 15.8. The maximum Gasteiger partial charge on any atom is 0.227 e. The van der Waals surface area contributed by atoms with Crippen LogP contribution in [-0.2, 0) is 27.0 Å². The van der Waals surface area contributed by atoms with Crippen molar-refractivity contribution in [1.82, 2.24) is 9.21 Å². The molecule has 5 nitrogen and oxygen atoms in total. The van der Waals surface area contributed by atoms with Crippen molar-refractivity contribution < 1.29 is 13.2 Å². The number of halogens is 1. The van der Waals surface area contributed by atoms with Gasteiger partial charge in [0.2, 0.25) is 15.9 Å². The topological polar surface area (TPSA) is 57.7 Å². The van der Waals surface area contributed by atoms with Crippen LogP contribution >= 0.6 is 11.6 Å². The largest absolute Gasteiger partial charge is 0.340 e. The maximum absolute atomic E-state index is 12.6. The molecule has 0 bridgehead atoms. The second-order valence-electron chi connectivity index (χ2n) is 6.29. The Morgan fingerprint density at radius 3 is 2.19 bits per heavy atom. The second-order valence-corrected chi connectivity index (χ2v) is 8.67. The number of amides is 1. The Morgan fingerprint density at radius 2 is 1.54 bits per heavy atom. The molecule has 0 saturated carbocycles. The van der Waals surface area contributed by atoms with E-state index in [-0.39, 0.29) is 18.1 Å². The highest BCUT2D eigenvalue weighted by Crippen LogP contribution is 2.18. The van der Waals surface area contributed by atoms with Crippen LogP contribution in [0.15, 0.2) is 54.6 Å². The van der Waals surface area contributed by atoms with Crippen LogP contribution < -0.4 is 0 Å². The molecular weight excluding hydrogens is 372 g/mol. The highest BCUT2D eigenvalue weighted by Gasteiger charge is 2.29. The summed E-state index contributed by atoms with van der Waals surface area (Å²) in [5.41, 5.74) is 1.56. The fourth-order valence-corrected chi connectivity index (χ4v) is 4.73. The molecule has 3 rings (SSSR count). The van der Waals surface area contributed by atoms with Gasteiger partial charge in [0.15, 0.2) is 0 Å². The van der Waals surface area contributed by atoms with Gasteiger partial charge in [-0.2, -0.15) is 4.31 Å². The van der Waals surface area contributed by atoms with Crippen molar-refractivity contribution in [3.05, 3.63) is 70.7 Å².